The predicted octanol–water partition coefficient (Wildman–Crippen LogP) is 4.57. The number of benzene rings is 1. The van der Waals surface area contributed by atoms with E-state index in [2.05, 4.69) is 70.7 Å². The highest BCUT2D eigenvalue weighted by Gasteiger charge is 2.26. The molecule has 4 atom stereocenters. The Bertz CT molecular complexity index is 507. The lowest BCUT2D eigenvalue weighted by molar-refractivity contribution is -0.0754. The first-order chi connectivity index (χ1) is 11.2. The molecule has 0 saturated carbocycles. The van der Waals surface area contributed by atoms with Gasteiger partial charge in [-0.1, -0.05) is 52.0 Å². The quantitative estimate of drug-likeness (QED) is 0.796. The van der Waals surface area contributed by atoms with Crippen molar-refractivity contribution in [1.29, 1.82) is 0 Å². The molecule has 1 heterocycles. The maximum absolute atomic E-state index is 10.7. The van der Waals surface area contributed by atoms with Gasteiger partial charge in [0.1, 0.15) is 0 Å². The highest BCUT2D eigenvalue weighted by atomic mass is 35.5. The fraction of sp³-hybridized carbons (Fsp3) is 0.714. The molecule has 1 fully saturated rings. The van der Waals surface area contributed by atoms with Crippen LogP contribution in [0.3, 0.4) is 0 Å². The van der Waals surface area contributed by atoms with Crippen molar-refractivity contribution in [3.63, 3.8) is 0 Å². The fourth-order valence-corrected chi connectivity index (χ4v) is 3.60. The first kappa shape index (κ1) is 22.4. The normalized spacial score (nSPS) is 24.4. The molecule has 3 nitrogen and oxygen atoms in total. The number of hydrogen-bond donors (Lipinski definition) is 1. The minimum Gasteiger partial charge on any atom is -0.388 e. The average molecular weight is 370 g/mol. The zero-order valence-electron chi connectivity index (χ0n) is 16.7. The number of aliphatic hydroxyl groups excluding tert-OH is 1. The molecule has 0 aromatic heterocycles. The molecule has 1 unspecified atom stereocenters. The van der Waals surface area contributed by atoms with E-state index in [0.29, 0.717) is 0 Å². The molecule has 1 aliphatic rings. The van der Waals surface area contributed by atoms with Gasteiger partial charge in [-0.05, 0) is 42.7 Å². The first-order valence-electron chi connectivity index (χ1n) is 9.39. The van der Waals surface area contributed by atoms with Crippen LogP contribution in [-0.2, 0) is 10.2 Å². The Kier molecular flexibility index (Phi) is 8.40. The van der Waals surface area contributed by atoms with E-state index in [4.69, 9.17) is 4.74 Å². The molecule has 0 spiro atoms. The molecule has 1 aliphatic heterocycles. The van der Waals surface area contributed by atoms with Crippen LogP contribution in [0.25, 0.3) is 0 Å². The zero-order valence-corrected chi connectivity index (χ0v) is 17.5. The van der Waals surface area contributed by atoms with Crippen molar-refractivity contribution in [3.05, 3.63) is 35.4 Å². The molecule has 2 rings (SSSR count). The van der Waals surface area contributed by atoms with E-state index in [9.17, 15) is 5.11 Å². The van der Waals surface area contributed by atoms with E-state index < -0.39 is 6.10 Å². The lowest BCUT2D eigenvalue weighted by atomic mass is 9.81. The summed E-state index contributed by atoms with van der Waals surface area (Å²) < 4.78 is 5.79. The fourth-order valence-electron chi connectivity index (χ4n) is 3.60. The van der Waals surface area contributed by atoms with Gasteiger partial charge in [0.25, 0.3) is 0 Å². The second kappa shape index (κ2) is 9.36. The van der Waals surface area contributed by atoms with Gasteiger partial charge in [-0.3, -0.25) is 4.90 Å². The molecule has 0 radical (unpaired) electrons. The number of nitrogens with zero attached hydrogens (tertiary/aromatic N) is 1. The summed E-state index contributed by atoms with van der Waals surface area (Å²) in [6.07, 6.45) is 1.23. The van der Waals surface area contributed by atoms with E-state index in [1.165, 1.54) is 5.56 Å². The first-order valence-corrected chi connectivity index (χ1v) is 9.39. The van der Waals surface area contributed by atoms with Crippen LogP contribution in [0.5, 0.6) is 0 Å². The summed E-state index contributed by atoms with van der Waals surface area (Å²) in [6, 6.07) is 8.54. The zero-order chi connectivity index (χ0) is 17.9. The molecule has 1 saturated heterocycles. The van der Waals surface area contributed by atoms with E-state index >= 15 is 0 Å². The average Bonchev–Trinajstić information content (AvgIpc) is 2.53. The van der Waals surface area contributed by atoms with Crippen LogP contribution < -0.4 is 0 Å². The van der Waals surface area contributed by atoms with Gasteiger partial charge >= 0.3 is 0 Å². The van der Waals surface area contributed by atoms with Crippen LogP contribution in [-0.4, -0.2) is 41.8 Å². The van der Waals surface area contributed by atoms with Gasteiger partial charge in [-0.15, -0.1) is 12.4 Å². The third-order valence-corrected chi connectivity index (χ3v) is 5.50. The second-order valence-corrected chi connectivity index (χ2v) is 8.26. The molecule has 4 heteroatoms. The maximum Gasteiger partial charge on any atom is 0.0827 e. The van der Waals surface area contributed by atoms with Crippen LogP contribution in [0.1, 0.15) is 65.2 Å². The van der Waals surface area contributed by atoms with Crippen molar-refractivity contribution in [1.82, 2.24) is 4.90 Å². The van der Waals surface area contributed by atoms with Crippen LogP contribution in [0, 0.1) is 5.92 Å². The molecule has 1 aromatic rings. The summed E-state index contributed by atoms with van der Waals surface area (Å²) in [6.45, 7) is 15.9. The third kappa shape index (κ3) is 5.96. The lowest BCUT2D eigenvalue weighted by Gasteiger charge is -2.37. The number of rotatable bonds is 6. The van der Waals surface area contributed by atoms with Gasteiger partial charge in [0.15, 0.2) is 0 Å². The van der Waals surface area contributed by atoms with Crippen LogP contribution >= 0.6 is 12.4 Å². The minimum absolute atomic E-state index is 0. The van der Waals surface area contributed by atoms with Crippen molar-refractivity contribution in [2.45, 2.75) is 71.7 Å². The molecular weight excluding hydrogens is 334 g/mol. The second-order valence-electron chi connectivity index (χ2n) is 8.26. The van der Waals surface area contributed by atoms with E-state index in [1.807, 2.05) is 0 Å². The third-order valence-electron chi connectivity index (χ3n) is 5.50. The summed E-state index contributed by atoms with van der Waals surface area (Å²) in [5, 5.41) is 10.7. The molecule has 0 aliphatic carbocycles. The highest BCUT2D eigenvalue weighted by molar-refractivity contribution is 5.85. The molecule has 1 aromatic carbocycles. The summed E-state index contributed by atoms with van der Waals surface area (Å²) in [5.74, 6) is 0.201. The van der Waals surface area contributed by atoms with Crippen molar-refractivity contribution < 1.29 is 9.84 Å². The molecule has 0 amide bonds. The number of morpholine rings is 1. The van der Waals surface area contributed by atoms with Crippen molar-refractivity contribution in [2.24, 2.45) is 5.92 Å². The molecule has 144 valence electrons. The summed E-state index contributed by atoms with van der Waals surface area (Å²) in [7, 11) is 0. The van der Waals surface area contributed by atoms with Crippen LogP contribution in [0.2, 0.25) is 0 Å². The van der Waals surface area contributed by atoms with Crippen molar-refractivity contribution in [3.8, 4) is 0 Å². The van der Waals surface area contributed by atoms with Gasteiger partial charge in [-0.2, -0.15) is 0 Å². The van der Waals surface area contributed by atoms with Gasteiger partial charge in [-0.25, -0.2) is 0 Å². The summed E-state index contributed by atoms with van der Waals surface area (Å²) >= 11 is 0. The minimum atomic E-state index is -0.419. The topological polar surface area (TPSA) is 32.7 Å². The van der Waals surface area contributed by atoms with E-state index in [0.717, 1.165) is 31.6 Å². The Morgan fingerprint density at radius 1 is 1.16 bits per heavy atom. The Morgan fingerprint density at radius 3 is 2.16 bits per heavy atom. The molecule has 0 bridgehead atoms. The SMILES string of the molecule is CCC(C)(C)c1ccc([C@H](O)C(C)CN2C[C@@H](C)O[C@@H](C)C2)cc1.Cl. The summed E-state index contributed by atoms with van der Waals surface area (Å²) in [5.41, 5.74) is 2.55. The number of aliphatic hydroxyl groups is 1. The van der Waals surface area contributed by atoms with Gasteiger partial charge < -0.3 is 9.84 Å². The van der Waals surface area contributed by atoms with Gasteiger partial charge in [0.05, 0.1) is 18.3 Å². The lowest BCUT2D eigenvalue weighted by Crippen LogP contribution is -2.47. The molecule has 25 heavy (non-hydrogen) atoms. The van der Waals surface area contributed by atoms with Crippen molar-refractivity contribution in [2.75, 3.05) is 19.6 Å². The van der Waals surface area contributed by atoms with Crippen LogP contribution in [0.15, 0.2) is 24.3 Å². The highest BCUT2D eigenvalue weighted by Crippen LogP contribution is 2.29. The van der Waals surface area contributed by atoms with Gasteiger partial charge in [0, 0.05) is 19.6 Å². The number of hydrogen-bond acceptors (Lipinski definition) is 3. The Labute approximate surface area is 160 Å². The molecule has 1 N–H and O–H groups in total. The Balaban J connectivity index is 0.00000312. The van der Waals surface area contributed by atoms with Crippen molar-refractivity contribution >= 4 is 12.4 Å². The standard InChI is InChI=1S/C21H35NO2.ClH/c1-7-21(5,6)19-10-8-18(9-11-19)20(23)15(2)12-22-13-16(3)24-17(4)14-22;/h8-11,15-17,20,23H,7,12-14H2,1-6H3;1H/t15?,16-,17+,20-;/m1./s1. The number of halogens is 1. The molecular formula is C21H36ClNO2. The number of ether oxygens (including phenoxy) is 1. The Morgan fingerprint density at radius 2 is 1.68 bits per heavy atom. The van der Waals surface area contributed by atoms with Gasteiger partial charge in [0.2, 0.25) is 0 Å². The van der Waals surface area contributed by atoms with E-state index in [1.54, 1.807) is 0 Å². The monoisotopic (exact) mass is 369 g/mol. The maximum atomic E-state index is 10.7. The Hall–Kier alpha value is -0.610. The largest absolute Gasteiger partial charge is 0.388 e. The smallest absolute Gasteiger partial charge is 0.0827 e. The summed E-state index contributed by atoms with van der Waals surface area (Å²) in [4.78, 5) is 2.42. The van der Waals surface area contributed by atoms with E-state index in [-0.39, 0.29) is 35.9 Å². The van der Waals surface area contributed by atoms with Crippen LogP contribution in [0.4, 0.5) is 0 Å². The predicted molar refractivity (Wildman–Crippen MR) is 108 cm³/mol.